The standard InChI is InChI=1S/C13H25NO3/c1-14(9-12(15)10-16-2)11-4-7-17-13(8-11)5-3-6-13/h11-12,15H,3-10H2,1-2H3. The molecule has 0 aromatic rings. The zero-order chi connectivity index (χ0) is 12.3. The van der Waals surface area contributed by atoms with Crippen molar-refractivity contribution < 1.29 is 14.6 Å². The molecule has 0 bridgehead atoms. The van der Waals surface area contributed by atoms with Gasteiger partial charge in [-0.05, 0) is 39.2 Å². The third-order valence-corrected chi connectivity index (χ3v) is 4.21. The van der Waals surface area contributed by atoms with E-state index in [-0.39, 0.29) is 11.7 Å². The molecule has 17 heavy (non-hydrogen) atoms. The second-order valence-electron chi connectivity index (χ2n) is 5.58. The fourth-order valence-electron chi connectivity index (χ4n) is 3.02. The molecule has 0 aromatic heterocycles. The molecule has 100 valence electrons. The summed E-state index contributed by atoms with van der Waals surface area (Å²) in [6.45, 7) is 1.97. The predicted octanol–water partition coefficient (Wildman–Crippen LogP) is 1.03. The lowest BCUT2D eigenvalue weighted by Gasteiger charge is -2.49. The first-order valence-corrected chi connectivity index (χ1v) is 6.66. The molecule has 2 atom stereocenters. The minimum Gasteiger partial charge on any atom is -0.389 e. The molecule has 1 spiro atoms. The van der Waals surface area contributed by atoms with Crippen molar-refractivity contribution in [3.05, 3.63) is 0 Å². The highest BCUT2D eigenvalue weighted by Gasteiger charge is 2.43. The topological polar surface area (TPSA) is 41.9 Å². The maximum atomic E-state index is 9.75. The second-order valence-corrected chi connectivity index (χ2v) is 5.58. The van der Waals surface area contributed by atoms with Crippen molar-refractivity contribution in [3.63, 3.8) is 0 Å². The Morgan fingerprint density at radius 1 is 1.53 bits per heavy atom. The van der Waals surface area contributed by atoms with Gasteiger partial charge >= 0.3 is 0 Å². The predicted molar refractivity (Wildman–Crippen MR) is 66.1 cm³/mol. The number of nitrogens with zero attached hydrogens (tertiary/aromatic N) is 1. The van der Waals surface area contributed by atoms with Gasteiger partial charge in [0.1, 0.15) is 0 Å². The fourth-order valence-corrected chi connectivity index (χ4v) is 3.02. The minimum absolute atomic E-state index is 0.184. The highest BCUT2D eigenvalue weighted by Crippen LogP contribution is 2.43. The van der Waals surface area contributed by atoms with E-state index in [1.54, 1.807) is 7.11 Å². The molecule has 0 radical (unpaired) electrons. The third-order valence-electron chi connectivity index (χ3n) is 4.21. The molecular formula is C13H25NO3. The van der Waals surface area contributed by atoms with Crippen LogP contribution < -0.4 is 0 Å². The summed E-state index contributed by atoms with van der Waals surface area (Å²) in [6, 6.07) is 0.551. The molecule has 1 N–H and O–H groups in total. The van der Waals surface area contributed by atoms with E-state index in [4.69, 9.17) is 9.47 Å². The van der Waals surface area contributed by atoms with Crippen molar-refractivity contribution in [1.29, 1.82) is 0 Å². The van der Waals surface area contributed by atoms with Crippen LogP contribution >= 0.6 is 0 Å². The van der Waals surface area contributed by atoms with Crippen molar-refractivity contribution in [2.75, 3.05) is 33.9 Å². The molecule has 0 aromatic carbocycles. The number of rotatable bonds is 5. The Hall–Kier alpha value is -0.160. The molecule has 2 unspecified atom stereocenters. The molecule has 2 aliphatic rings. The van der Waals surface area contributed by atoms with Crippen molar-refractivity contribution >= 4 is 0 Å². The zero-order valence-electron chi connectivity index (χ0n) is 11.0. The molecule has 1 aliphatic heterocycles. The van der Waals surface area contributed by atoms with Gasteiger partial charge in [0, 0.05) is 26.3 Å². The first-order valence-electron chi connectivity index (χ1n) is 6.66. The lowest BCUT2D eigenvalue weighted by Crippen LogP contribution is -2.52. The number of aliphatic hydroxyl groups is 1. The molecule has 1 saturated carbocycles. The van der Waals surface area contributed by atoms with E-state index in [2.05, 4.69) is 11.9 Å². The van der Waals surface area contributed by atoms with Gasteiger partial charge in [-0.15, -0.1) is 0 Å². The summed E-state index contributed by atoms with van der Waals surface area (Å²) < 4.78 is 10.9. The van der Waals surface area contributed by atoms with E-state index in [1.807, 2.05) is 0 Å². The summed E-state index contributed by atoms with van der Waals surface area (Å²) in [4.78, 5) is 2.27. The Kier molecular flexibility index (Phi) is 4.42. The molecular weight excluding hydrogens is 218 g/mol. The third kappa shape index (κ3) is 3.19. The summed E-state index contributed by atoms with van der Waals surface area (Å²) in [6.07, 6.45) is 5.57. The Morgan fingerprint density at radius 2 is 2.29 bits per heavy atom. The average molecular weight is 243 g/mol. The van der Waals surface area contributed by atoms with Gasteiger partial charge in [0.05, 0.1) is 18.3 Å². The molecule has 1 aliphatic carbocycles. The van der Waals surface area contributed by atoms with Gasteiger partial charge in [-0.1, -0.05) is 0 Å². The quantitative estimate of drug-likeness (QED) is 0.783. The van der Waals surface area contributed by atoms with Crippen LogP contribution in [0, 0.1) is 0 Å². The highest BCUT2D eigenvalue weighted by molar-refractivity contribution is 4.96. The SMILES string of the molecule is COCC(O)CN(C)C1CCOC2(CCC2)C1. The van der Waals surface area contributed by atoms with Crippen LogP contribution in [0.4, 0.5) is 0 Å². The smallest absolute Gasteiger partial charge is 0.0900 e. The van der Waals surface area contributed by atoms with E-state index in [0.29, 0.717) is 19.2 Å². The molecule has 1 heterocycles. The number of aliphatic hydroxyl groups excluding tert-OH is 1. The normalized spacial score (nSPS) is 29.3. The zero-order valence-corrected chi connectivity index (χ0v) is 11.0. The molecule has 0 amide bonds. The Bertz CT molecular complexity index is 243. The van der Waals surface area contributed by atoms with Crippen LogP contribution in [0.1, 0.15) is 32.1 Å². The summed E-state index contributed by atoms with van der Waals surface area (Å²) in [5, 5.41) is 9.75. The lowest BCUT2D eigenvalue weighted by molar-refractivity contribution is -0.148. The van der Waals surface area contributed by atoms with Gasteiger partial charge in [0.2, 0.25) is 0 Å². The van der Waals surface area contributed by atoms with Crippen LogP contribution in [0.25, 0.3) is 0 Å². The van der Waals surface area contributed by atoms with Crippen LogP contribution in [0.5, 0.6) is 0 Å². The largest absolute Gasteiger partial charge is 0.389 e. The molecule has 2 fully saturated rings. The van der Waals surface area contributed by atoms with Gasteiger partial charge in [-0.3, -0.25) is 0 Å². The Balaban J connectivity index is 1.80. The van der Waals surface area contributed by atoms with Crippen LogP contribution in [0.2, 0.25) is 0 Å². The van der Waals surface area contributed by atoms with Crippen LogP contribution in [-0.2, 0) is 9.47 Å². The first kappa shape index (κ1) is 13.3. The van der Waals surface area contributed by atoms with E-state index >= 15 is 0 Å². The van der Waals surface area contributed by atoms with Crippen LogP contribution in [0.15, 0.2) is 0 Å². The maximum Gasteiger partial charge on any atom is 0.0900 e. The van der Waals surface area contributed by atoms with Crippen LogP contribution in [-0.4, -0.2) is 61.7 Å². The van der Waals surface area contributed by atoms with Crippen molar-refractivity contribution in [3.8, 4) is 0 Å². The Labute approximate surface area is 104 Å². The number of ether oxygens (including phenoxy) is 2. The molecule has 4 heteroatoms. The fraction of sp³-hybridized carbons (Fsp3) is 1.00. The average Bonchev–Trinajstić information content (AvgIpc) is 2.27. The van der Waals surface area contributed by atoms with Crippen molar-refractivity contribution in [1.82, 2.24) is 4.90 Å². The second kappa shape index (κ2) is 5.65. The first-order chi connectivity index (χ1) is 8.15. The molecule has 2 rings (SSSR count). The summed E-state index contributed by atoms with van der Waals surface area (Å²) >= 11 is 0. The van der Waals surface area contributed by atoms with E-state index in [1.165, 1.54) is 19.3 Å². The Morgan fingerprint density at radius 3 is 2.88 bits per heavy atom. The van der Waals surface area contributed by atoms with E-state index < -0.39 is 0 Å². The van der Waals surface area contributed by atoms with Crippen molar-refractivity contribution in [2.24, 2.45) is 0 Å². The van der Waals surface area contributed by atoms with Gasteiger partial charge in [0.25, 0.3) is 0 Å². The number of hydrogen-bond donors (Lipinski definition) is 1. The van der Waals surface area contributed by atoms with Crippen LogP contribution in [0.3, 0.4) is 0 Å². The number of likely N-dealkylation sites (N-methyl/N-ethyl adjacent to an activating group) is 1. The summed E-state index contributed by atoms with van der Waals surface area (Å²) in [5.74, 6) is 0. The van der Waals surface area contributed by atoms with E-state index in [0.717, 1.165) is 19.4 Å². The van der Waals surface area contributed by atoms with E-state index in [9.17, 15) is 5.11 Å². The summed E-state index contributed by atoms with van der Waals surface area (Å²) in [7, 11) is 3.72. The monoisotopic (exact) mass is 243 g/mol. The number of methoxy groups -OCH3 is 1. The van der Waals surface area contributed by atoms with Gasteiger partial charge in [-0.25, -0.2) is 0 Å². The van der Waals surface area contributed by atoms with Crippen molar-refractivity contribution in [2.45, 2.75) is 49.9 Å². The highest BCUT2D eigenvalue weighted by atomic mass is 16.5. The summed E-state index contributed by atoms with van der Waals surface area (Å²) in [5.41, 5.74) is 0.184. The minimum atomic E-state index is -0.384. The van der Waals surface area contributed by atoms with Gasteiger partial charge < -0.3 is 19.5 Å². The lowest BCUT2D eigenvalue weighted by atomic mass is 9.73. The van der Waals surface area contributed by atoms with Gasteiger partial charge in [0.15, 0.2) is 0 Å². The van der Waals surface area contributed by atoms with Gasteiger partial charge in [-0.2, -0.15) is 0 Å². The molecule has 4 nitrogen and oxygen atoms in total. The number of hydrogen-bond acceptors (Lipinski definition) is 4. The molecule has 1 saturated heterocycles. The maximum absolute atomic E-state index is 9.75.